The Morgan fingerprint density at radius 3 is 1.43 bits per heavy atom. The van der Waals surface area contributed by atoms with E-state index in [-0.39, 0.29) is 0 Å². The molecule has 0 amide bonds. The molecule has 0 rings (SSSR count). The number of esters is 2. The van der Waals surface area contributed by atoms with E-state index >= 15 is 0 Å². The Labute approximate surface area is 136 Å². The molecule has 7 nitrogen and oxygen atoms in total. The fourth-order valence-corrected chi connectivity index (χ4v) is 1.87. The van der Waals surface area contributed by atoms with Gasteiger partial charge >= 0.3 is 19.5 Å². The van der Waals surface area contributed by atoms with Crippen molar-refractivity contribution in [1.82, 2.24) is 0 Å². The number of alkyl halides is 1. The fourth-order valence-electron chi connectivity index (χ4n) is 0.982. The highest BCUT2D eigenvalue weighted by molar-refractivity contribution is 7.54. The molecule has 0 spiro atoms. The number of rotatable bonds is 7. The molecule has 0 aromatic rings. The zero-order valence-corrected chi connectivity index (χ0v) is 15.6. The number of halogens is 1. The van der Waals surface area contributed by atoms with Gasteiger partial charge in [0.05, 0.1) is 10.8 Å². The summed E-state index contributed by atoms with van der Waals surface area (Å²) in [6.07, 6.45) is 0. The minimum absolute atomic E-state index is 0.602. The molecular formula is C14H26FO7P. The van der Waals surface area contributed by atoms with Gasteiger partial charge in [0.1, 0.15) is 0 Å². The molecule has 0 N–H and O–H groups in total. The Bertz CT molecular complexity index is 427. The summed E-state index contributed by atoms with van der Waals surface area (Å²) in [5.41, 5.74) is -1.56. The number of ether oxygens (including phenoxy) is 2. The van der Waals surface area contributed by atoms with Gasteiger partial charge in [-0.3, -0.25) is 23.2 Å². The van der Waals surface area contributed by atoms with Gasteiger partial charge < -0.3 is 9.47 Å². The van der Waals surface area contributed by atoms with Crippen molar-refractivity contribution in [2.75, 3.05) is 13.6 Å². The highest BCUT2D eigenvalue weighted by Gasteiger charge is 2.35. The first-order chi connectivity index (χ1) is 10.2. The van der Waals surface area contributed by atoms with E-state index < -0.39 is 49.9 Å². The average Bonchev–Trinajstić information content (AvgIpc) is 2.35. The molecule has 0 aromatic carbocycles. The standard InChI is InChI=1S/C14H26FO7P/c1-10(15)23(18,21-8-19-11(16)13(2,3)4)22-9-20-12(17)14(5,6)7/h10H,8-9H2,1-7H3. The van der Waals surface area contributed by atoms with Crippen LogP contribution in [0.25, 0.3) is 0 Å². The zero-order valence-electron chi connectivity index (χ0n) is 14.7. The predicted octanol–water partition coefficient (Wildman–Crippen LogP) is 3.62. The summed E-state index contributed by atoms with van der Waals surface area (Å²) in [5.74, 6) is -3.19. The van der Waals surface area contributed by atoms with E-state index in [9.17, 15) is 18.5 Å². The maximum absolute atomic E-state index is 13.5. The van der Waals surface area contributed by atoms with Gasteiger partial charge in [0.15, 0.2) is 5.91 Å². The van der Waals surface area contributed by atoms with Gasteiger partial charge in [-0.15, -0.1) is 0 Å². The molecule has 0 aliphatic carbocycles. The maximum Gasteiger partial charge on any atom is 0.370 e. The van der Waals surface area contributed by atoms with Crippen LogP contribution in [0, 0.1) is 10.8 Å². The summed E-state index contributed by atoms with van der Waals surface area (Å²) in [4.78, 5) is 23.1. The van der Waals surface area contributed by atoms with Crippen molar-refractivity contribution >= 4 is 19.5 Å². The Balaban J connectivity index is 4.51. The van der Waals surface area contributed by atoms with Gasteiger partial charge in [-0.1, -0.05) is 0 Å². The van der Waals surface area contributed by atoms with Crippen molar-refractivity contribution in [3.05, 3.63) is 0 Å². The van der Waals surface area contributed by atoms with Crippen molar-refractivity contribution < 1.29 is 37.1 Å². The molecule has 136 valence electrons. The first kappa shape index (κ1) is 22.0. The Morgan fingerprint density at radius 2 is 1.22 bits per heavy atom. The van der Waals surface area contributed by atoms with Crippen molar-refractivity contribution in [3.8, 4) is 0 Å². The Kier molecular flexibility index (Phi) is 7.87. The van der Waals surface area contributed by atoms with E-state index in [1.165, 1.54) is 0 Å². The first-order valence-corrected chi connectivity index (χ1v) is 8.68. The lowest BCUT2D eigenvalue weighted by Crippen LogP contribution is -2.25. The second-order valence-electron chi connectivity index (χ2n) is 6.97. The molecule has 0 radical (unpaired) electrons. The van der Waals surface area contributed by atoms with Crippen LogP contribution in [-0.4, -0.2) is 31.4 Å². The molecular weight excluding hydrogens is 330 g/mol. The number of carbonyl (C=O) groups excluding carboxylic acids is 2. The van der Waals surface area contributed by atoms with Crippen LogP contribution in [0.5, 0.6) is 0 Å². The number of carbonyl (C=O) groups is 2. The summed E-state index contributed by atoms with van der Waals surface area (Å²) in [6.45, 7) is 9.24. The first-order valence-electron chi connectivity index (χ1n) is 7.07. The van der Waals surface area contributed by atoms with Gasteiger partial charge in [0.2, 0.25) is 13.6 Å². The summed E-state index contributed by atoms with van der Waals surface area (Å²) in [6, 6.07) is 0. The van der Waals surface area contributed by atoms with E-state index in [0.29, 0.717) is 0 Å². The van der Waals surface area contributed by atoms with Crippen LogP contribution in [0.1, 0.15) is 48.5 Å². The molecule has 9 heteroatoms. The SMILES string of the molecule is CC(F)P(=O)(OCOC(=O)C(C)(C)C)OCOC(=O)C(C)(C)C. The largest absolute Gasteiger partial charge is 0.438 e. The van der Waals surface area contributed by atoms with Crippen molar-refractivity contribution in [2.45, 2.75) is 54.4 Å². The maximum atomic E-state index is 13.5. The van der Waals surface area contributed by atoms with Gasteiger partial charge in [-0.05, 0) is 48.5 Å². The number of hydrogen-bond donors (Lipinski definition) is 0. The average molecular weight is 356 g/mol. The lowest BCUT2D eigenvalue weighted by Gasteiger charge is -2.22. The summed E-state index contributed by atoms with van der Waals surface area (Å²) in [5, 5.41) is 0. The van der Waals surface area contributed by atoms with Crippen molar-refractivity contribution in [1.29, 1.82) is 0 Å². The molecule has 1 atom stereocenters. The summed E-state index contributed by atoms with van der Waals surface area (Å²) in [7, 11) is -4.23. The highest BCUT2D eigenvalue weighted by Crippen LogP contribution is 2.53. The van der Waals surface area contributed by atoms with Crippen molar-refractivity contribution in [2.24, 2.45) is 10.8 Å². The van der Waals surface area contributed by atoms with Crippen LogP contribution in [0.3, 0.4) is 0 Å². The third-order valence-corrected chi connectivity index (χ3v) is 4.31. The molecule has 0 aliphatic rings. The van der Waals surface area contributed by atoms with Crippen molar-refractivity contribution in [3.63, 3.8) is 0 Å². The molecule has 0 fully saturated rings. The number of hydrogen-bond acceptors (Lipinski definition) is 7. The third-order valence-electron chi connectivity index (χ3n) is 2.51. The quantitative estimate of drug-likeness (QED) is 0.391. The van der Waals surface area contributed by atoms with E-state index in [0.717, 1.165) is 6.92 Å². The lowest BCUT2D eigenvalue weighted by atomic mass is 9.98. The molecule has 0 aliphatic heterocycles. The smallest absolute Gasteiger partial charge is 0.370 e. The second kappa shape index (κ2) is 8.22. The predicted molar refractivity (Wildman–Crippen MR) is 81.2 cm³/mol. The lowest BCUT2D eigenvalue weighted by molar-refractivity contribution is -0.162. The second-order valence-corrected chi connectivity index (χ2v) is 9.28. The molecule has 0 saturated carbocycles. The Morgan fingerprint density at radius 1 is 0.913 bits per heavy atom. The molecule has 0 aromatic heterocycles. The van der Waals surface area contributed by atoms with E-state index in [4.69, 9.17) is 18.5 Å². The molecule has 0 heterocycles. The normalized spacial score (nSPS) is 14.3. The van der Waals surface area contributed by atoms with Crippen LogP contribution in [-0.2, 0) is 32.7 Å². The molecule has 0 bridgehead atoms. The van der Waals surface area contributed by atoms with Gasteiger partial charge in [-0.25, -0.2) is 4.39 Å². The monoisotopic (exact) mass is 356 g/mol. The minimum atomic E-state index is -4.23. The molecule has 23 heavy (non-hydrogen) atoms. The fraction of sp³-hybridized carbons (Fsp3) is 0.857. The minimum Gasteiger partial charge on any atom is -0.438 e. The third kappa shape index (κ3) is 7.90. The van der Waals surface area contributed by atoms with Crippen LogP contribution in [0.4, 0.5) is 4.39 Å². The van der Waals surface area contributed by atoms with E-state index in [1.54, 1.807) is 41.5 Å². The van der Waals surface area contributed by atoms with Gasteiger partial charge in [0, 0.05) is 0 Å². The van der Waals surface area contributed by atoms with E-state index in [1.807, 2.05) is 0 Å². The van der Waals surface area contributed by atoms with Crippen LogP contribution < -0.4 is 0 Å². The molecule has 0 saturated heterocycles. The van der Waals surface area contributed by atoms with Gasteiger partial charge in [0.25, 0.3) is 0 Å². The highest BCUT2D eigenvalue weighted by atomic mass is 31.2. The summed E-state index contributed by atoms with van der Waals surface area (Å²) < 4.78 is 44.6. The van der Waals surface area contributed by atoms with Crippen LogP contribution in [0.15, 0.2) is 0 Å². The molecule has 1 unspecified atom stereocenters. The zero-order chi connectivity index (χ0) is 18.5. The summed E-state index contributed by atoms with van der Waals surface area (Å²) >= 11 is 0. The van der Waals surface area contributed by atoms with Crippen LogP contribution in [0.2, 0.25) is 0 Å². The topological polar surface area (TPSA) is 88.1 Å². The van der Waals surface area contributed by atoms with E-state index in [2.05, 4.69) is 0 Å². The van der Waals surface area contributed by atoms with Gasteiger partial charge in [-0.2, -0.15) is 0 Å². The van der Waals surface area contributed by atoms with Crippen LogP contribution >= 0.6 is 7.60 Å². The Hall–Kier alpha value is -0.980.